The summed E-state index contributed by atoms with van der Waals surface area (Å²) < 4.78 is 0. The van der Waals surface area contributed by atoms with E-state index in [1.807, 2.05) is 6.08 Å². The van der Waals surface area contributed by atoms with Crippen LogP contribution in [0.5, 0.6) is 0 Å². The van der Waals surface area contributed by atoms with Crippen molar-refractivity contribution < 1.29 is 19.8 Å². The van der Waals surface area contributed by atoms with Crippen LogP contribution in [-0.2, 0) is 9.59 Å². The van der Waals surface area contributed by atoms with Crippen molar-refractivity contribution >= 4 is 11.8 Å². The SMILES string of the molecule is C/C(=C\CC[C@@H](C)[C@H]1CC[C@@]2(C)C3=C(CC[C@]12C)[C@@]1(C)CCC(=O)C(C)(C)[C@@H]1C[C@H]3O)C(=O)O. The lowest BCUT2D eigenvalue weighted by molar-refractivity contribution is -0.142. The van der Waals surface area contributed by atoms with Gasteiger partial charge in [0.2, 0.25) is 0 Å². The first-order chi connectivity index (χ1) is 15.7. The maximum absolute atomic E-state index is 12.8. The van der Waals surface area contributed by atoms with E-state index in [2.05, 4.69) is 41.5 Å². The number of carbonyl (C=O) groups excluding carboxylic acids is 1. The highest BCUT2D eigenvalue weighted by atomic mass is 16.4. The number of ketones is 1. The first-order valence-electron chi connectivity index (χ1n) is 13.6. The molecule has 0 bridgehead atoms. The van der Waals surface area contributed by atoms with E-state index >= 15 is 0 Å². The molecule has 0 amide bonds. The molecule has 2 saturated carbocycles. The molecular formula is C30H46O4. The van der Waals surface area contributed by atoms with Gasteiger partial charge in [-0.25, -0.2) is 4.79 Å². The number of carbonyl (C=O) groups is 2. The smallest absolute Gasteiger partial charge is 0.330 e. The molecule has 0 spiro atoms. The molecule has 4 aliphatic rings. The zero-order chi connectivity index (χ0) is 25.3. The molecule has 0 radical (unpaired) electrons. The third-order valence-electron chi connectivity index (χ3n) is 11.7. The quantitative estimate of drug-likeness (QED) is 0.345. The minimum absolute atomic E-state index is 0.00861. The fourth-order valence-electron chi connectivity index (χ4n) is 9.26. The Bertz CT molecular complexity index is 941. The van der Waals surface area contributed by atoms with Crippen molar-refractivity contribution in [2.24, 2.45) is 39.4 Å². The van der Waals surface area contributed by atoms with Gasteiger partial charge in [0.25, 0.3) is 0 Å². The molecule has 4 nitrogen and oxygen atoms in total. The van der Waals surface area contributed by atoms with Crippen LogP contribution in [0.1, 0.15) is 106 Å². The van der Waals surface area contributed by atoms with Gasteiger partial charge in [0.1, 0.15) is 5.78 Å². The van der Waals surface area contributed by atoms with E-state index in [4.69, 9.17) is 5.11 Å². The molecular weight excluding hydrogens is 424 g/mol. The minimum Gasteiger partial charge on any atom is -0.478 e. The summed E-state index contributed by atoms with van der Waals surface area (Å²) in [6.07, 6.45) is 9.99. The molecule has 0 saturated heterocycles. The second kappa shape index (κ2) is 8.32. The van der Waals surface area contributed by atoms with Crippen molar-refractivity contribution in [3.63, 3.8) is 0 Å². The topological polar surface area (TPSA) is 74.6 Å². The van der Waals surface area contributed by atoms with Gasteiger partial charge in [0.05, 0.1) is 6.10 Å². The van der Waals surface area contributed by atoms with E-state index in [-0.39, 0.29) is 27.6 Å². The van der Waals surface area contributed by atoms with Crippen LogP contribution in [0.25, 0.3) is 0 Å². The Kier molecular flexibility index (Phi) is 6.28. The second-order valence-corrected chi connectivity index (χ2v) is 13.4. The number of aliphatic hydroxyl groups excluding tert-OH is 1. The Morgan fingerprint density at radius 2 is 1.79 bits per heavy atom. The molecule has 0 aliphatic heterocycles. The largest absolute Gasteiger partial charge is 0.478 e. The Labute approximate surface area is 206 Å². The zero-order valence-corrected chi connectivity index (χ0v) is 22.5. The average Bonchev–Trinajstić information content (AvgIpc) is 3.04. The van der Waals surface area contributed by atoms with Gasteiger partial charge in [-0.05, 0) is 97.9 Å². The molecule has 190 valence electrons. The Balaban J connectivity index is 1.65. The van der Waals surface area contributed by atoms with Crippen LogP contribution < -0.4 is 0 Å². The van der Waals surface area contributed by atoms with E-state index in [1.54, 1.807) is 6.92 Å². The van der Waals surface area contributed by atoms with Crippen molar-refractivity contribution in [2.75, 3.05) is 0 Å². The van der Waals surface area contributed by atoms with Crippen molar-refractivity contribution in [2.45, 2.75) is 112 Å². The van der Waals surface area contributed by atoms with Crippen LogP contribution in [0.2, 0.25) is 0 Å². The van der Waals surface area contributed by atoms with Crippen molar-refractivity contribution in [1.82, 2.24) is 0 Å². The summed E-state index contributed by atoms with van der Waals surface area (Å²) in [5.74, 6) is 0.836. The van der Waals surface area contributed by atoms with E-state index in [9.17, 15) is 14.7 Å². The average molecular weight is 471 g/mol. The van der Waals surface area contributed by atoms with Crippen LogP contribution in [0.15, 0.2) is 22.8 Å². The zero-order valence-electron chi connectivity index (χ0n) is 22.5. The number of hydrogen-bond acceptors (Lipinski definition) is 3. The van der Waals surface area contributed by atoms with Crippen LogP contribution in [0.3, 0.4) is 0 Å². The van der Waals surface area contributed by atoms with E-state index in [1.165, 1.54) is 17.6 Å². The minimum atomic E-state index is -0.828. The van der Waals surface area contributed by atoms with Gasteiger partial charge in [-0.2, -0.15) is 0 Å². The summed E-state index contributed by atoms with van der Waals surface area (Å²) in [6.45, 7) is 15.5. The number of hydrogen-bond donors (Lipinski definition) is 2. The molecule has 2 fully saturated rings. The van der Waals surface area contributed by atoms with Gasteiger partial charge in [-0.15, -0.1) is 0 Å². The normalized spacial score (nSPS) is 42.6. The molecule has 0 aromatic heterocycles. The summed E-state index contributed by atoms with van der Waals surface area (Å²) in [5, 5.41) is 20.8. The van der Waals surface area contributed by atoms with E-state index in [0.717, 1.165) is 38.5 Å². The lowest BCUT2D eigenvalue weighted by Crippen LogP contribution is -2.57. The molecule has 0 aromatic rings. The molecule has 0 aromatic carbocycles. The van der Waals surface area contributed by atoms with Gasteiger partial charge in [-0.3, -0.25) is 4.79 Å². The molecule has 0 unspecified atom stereocenters. The van der Waals surface area contributed by atoms with Gasteiger partial charge in [0, 0.05) is 17.4 Å². The molecule has 7 atom stereocenters. The number of carboxylic acids is 1. The first-order valence-corrected chi connectivity index (χ1v) is 13.6. The summed E-state index contributed by atoms with van der Waals surface area (Å²) in [5.41, 5.74) is 3.03. The molecule has 0 heterocycles. The highest BCUT2D eigenvalue weighted by Gasteiger charge is 2.65. The van der Waals surface area contributed by atoms with Crippen molar-refractivity contribution in [1.29, 1.82) is 0 Å². The maximum atomic E-state index is 12.8. The van der Waals surface area contributed by atoms with Crippen molar-refractivity contribution in [3.05, 3.63) is 22.8 Å². The standard InChI is InChI=1S/C30H46O4/c1-18(9-8-10-19(2)26(33)34)20-11-16-30(7)25-21(12-15-29(20,30)6)28(5)14-13-24(32)27(3,4)23(28)17-22(25)31/h10,18,20,22-23,31H,8-9,11-17H2,1-7H3,(H,33,34)/b19-10+/t18-,20-,22-,23+,28-,29-,30+/m1/s1. The molecule has 4 aliphatic carbocycles. The Morgan fingerprint density at radius 1 is 1.12 bits per heavy atom. The summed E-state index contributed by atoms with van der Waals surface area (Å²) in [4.78, 5) is 24.0. The second-order valence-electron chi connectivity index (χ2n) is 13.4. The molecule has 2 N–H and O–H groups in total. The number of allylic oxidation sites excluding steroid dienone is 2. The van der Waals surface area contributed by atoms with Gasteiger partial charge >= 0.3 is 5.97 Å². The highest BCUT2D eigenvalue weighted by Crippen LogP contribution is 2.72. The molecule has 4 heteroatoms. The fraction of sp³-hybridized carbons (Fsp3) is 0.800. The Hall–Kier alpha value is -1.42. The highest BCUT2D eigenvalue weighted by molar-refractivity contribution is 5.86. The fourth-order valence-corrected chi connectivity index (χ4v) is 9.26. The monoisotopic (exact) mass is 470 g/mol. The van der Waals surface area contributed by atoms with E-state index < -0.39 is 12.1 Å². The predicted molar refractivity (Wildman–Crippen MR) is 135 cm³/mol. The number of aliphatic carboxylic acids is 1. The van der Waals surface area contributed by atoms with Gasteiger partial charge in [0.15, 0.2) is 0 Å². The summed E-state index contributed by atoms with van der Waals surface area (Å²) in [6, 6.07) is 0. The first kappa shape index (κ1) is 25.7. The Morgan fingerprint density at radius 3 is 2.44 bits per heavy atom. The summed E-state index contributed by atoms with van der Waals surface area (Å²) in [7, 11) is 0. The number of fused-ring (bicyclic) bond motifs is 4. The van der Waals surface area contributed by atoms with E-state index in [0.29, 0.717) is 36.0 Å². The van der Waals surface area contributed by atoms with Crippen LogP contribution in [0.4, 0.5) is 0 Å². The number of rotatable bonds is 5. The van der Waals surface area contributed by atoms with Crippen LogP contribution in [0, 0.1) is 39.4 Å². The summed E-state index contributed by atoms with van der Waals surface area (Å²) >= 11 is 0. The lowest BCUT2D eigenvalue weighted by atomic mass is 9.43. The van der Waals surface area contributed by atoms with Gasteiger partial charge < -0.3 is 10.2 Å². The number of Topliss-reactive ketones (excluding diaryl/α,β-unsaturated/α-hetero) is 1. The lowest BCUT2D eigenvalue weighted by Gasteiger charge is -2.61. The third-order valence-corrected chi connectivity index (χ3v) is 11.7. The maximum Gasteiger partial charge on any atom is 0.330 e. The van der Waals surface area contributed by atoms with Crippen LogP contribution in [-0.4, -0.2) is 28.1 Å². The van der Waals surface area contributed by atoms with Crippen LogP contribution >= 0.6 is 0 Å². The van der Waals surface area contributed by atoms with Gasteiger partial charge in [-0.1, -0.05) is 53.2 Å². The number of aliphatic hydroxyl groups is 1. The molecule has 34 heavy (non-hydrogen) atoms. The molecule has 4 rings (SSSR count). The third kappa shape index (κ3) is 3.49. The van der Waals surface area contributed by atoms with Crippen molar-refractivity contribution in [3.8, 4) is 0 Å². The predicted octanol–water partition coefficient (Wildman–Crippen LogP) is 6.72. The number of carboxylic acid groups (broad SMARTS) is 1.